The van der Waals surface area contributed by atoms with Gasteiger partial charge in [-0.3, -0.25) is 0 Å². The Hall–Kier alpha value is -1.10. The highest BCUT2D eigenvalue weighted by atomic mass is 16.4. The third kappa shape index (κ3) is 4.61. The summed E-state index contributed by atoms with van der Waals surface area (Å²) in [4.78, 5) is 0. The third-order valence-corrected chi connectivity index (χ3v) is 2.35. The van der Waals surface area contributed by atoms with Gasteiger partial charge >= 0.3 is 6.01 Å². The second-order valence-electron chi connectivity index (χ2n) is 3.97. The van der Waals surface area contributed by atoms with E-state index in [9.17, 15) is 0 Å². The topological polar surface area (TPSA) is 63.0 Å². The number of hydrogen-bond acceptors (Lipinski definition) is 5. The number of nitrogens with one attached hydrogen (secondary N) is 2. The van der Waals surface area contributed by atoms with Gasteiger partial charge in [-0.1, -0.05) is 31.8 Å². The molecule has 0 aromatic carbocycles. The van der Waals surface area contributed by atoms with E-state index in [-0.39, 0.29) is 0 Å². The average molecular weight is 226 g/mol. The van der Waals surface area contributed by atoms with Gasteiger partial charge in [0.2, 0.25) is 5.89 Å². The Kier molecular flexibility index (Phi) is 5.85. The highest BCUT2D eigenvalue weighted by molar-refractivity contribution is 5.18. The molecule has 0 aliphatic heterocycles. The number of anilines is 1. The number of aromatic nitrogens is 2. The Morgan fingerprint density at radius 2 is 2.12 bits per heavy atom. The summed E-state index contributed by atoms with van der Waals surface area (Å²) < 4.78 is 5.44. The van der Waals surface area contributed by atoms with E-state index in [0.717, 1.165) is 13.0 Å². The lowest BCUT2D eigenvalue weighted by Crippen LogP contribution is -2.15. The Balaban J connectivity index is 2.33. The lowest BCUT2D eigenvalue weighted by molar-refractivity contribution is 0.475. The van der Waals surface area contributed by atoms with E-state index in [1.54, 1.807) is 0 Å². The number of hydrogen-bond donors (Lipinski definition) is 2. The Bertz CT molecular complexity index is 287. The minimum atomic E-state index is 0.382. The van der Waals surface area contributed by atoms with E-state index < -0.39 is 0 Å². The van der Waals surface area contributed by atoms with E-state index in [1.165, 1.54) is 12.8 Å². The number of unbranched alkanes of at least 4 members (excludes halogenated alkanes) is 1. The molecule has 1 aromatic heterocycles. The van der Waals surface area contributed by atoms with Crippen molar-refractivity contribution < 1.29 is 4.42 Å². The quantitative estimate of drug-likeness (QED) is 0.711. The maximum absolute atomic E-state index is 5.44. The summed E-state index contributed by atoms with van der Waals surface area (Å²) in [5, 5.41) is 14.2. The molecule has 0 spiro atoms. The lowest BCUT2D eigenvalue weighted by atomic mass is 10.1. The predicted molar refractivity (Wildman–Crippen MR) is 64.3 cm³/mol. The molecule has 1 rings (SSSR count). The molecule has 0 amide bonds. The van der Waals surface area contributed by atoms with Gasteiger partial charge < -0.3 is 15.1 Å². The van der Waals surface area contributed by atoms with Crippen molar-refractivity contribution in [2.45, 2.75) is 52.6 Å². The molecule has 16 heavy (non-hydrogen) atoms. The fourth-order valence-electron chi connectivity index (χ4n) is 1.41. The molecule has 0 fully saturated rings. The van der Waals surface area contributed by atoms with E-state index >= 15 is 0 Å². The maximum atomic E-state index is 5.44. The van der Waals surface area contributed by atoms with E-state index in [0.29, 0.717) is 24.5 Å². The van der Waals surface area contributed by atoms with Crippen molar-refractivity contribution in [1.29, 1.82) is 0 Å². The maximum Gasteiger partial charge on any atom is 0.315 e. The van der Waals surface area contributed by atoms with Gasteiger partial charge in [-0.2, -0.15) is 0 Å². The molecule has 0 aliphatic rings. The van der Waals surface area contributed by atoms with Crippen molar-refractivity contribution >= 4 is 6.01 Å². The van der Waals surface area contributed by atoms with Crippen LogP contribution in [0.5, 0.6) is 0 Å². The van der Waals surface area contributed by atoms with Crippen LogP contribution in [0.15, 0.2) is 4.42 Å². The van der Waals surface area contributed by atoms with Crippen LogP contribution >= 0.6 is 0 Å². The smallest absolute Gasteiger partial charge is 0.315 e. The van der Waals surface area contributed by atoms with Crippen LogP contribution < -0.4 is 10.6 Å². The fraction of sp³-hybridized carbons (Fsp3) is 0.818. The SMILES string of the molecule is CCCCC(C)Nc1nnc(CNCC)o1. The first-order chi connectivity index (χ1) is 7.76. The van der Waals surface area contributed by atoms with E-state index in [4.69, 9.17) is 4.42 Å². The first kappa shape index (κ1) is 13.0. The van der Waals surface area contributed by atoms with Gasteiger partial charge in [0.25, 0.3) is 0 Å². The molecule has 0 aliphatic carbocycles. The standard InChI is InChI=1S/C11H22N4O/c1-4-6-7-9(3)13-11-15-14-10(16-11)8-12-5-2/h9,12H,4-8H2,1-3H3,(H,13,15). The minimum absolute atomic E-state index is 0.382. The molecule has 1 atom stereocenters. The summed E-state index contributed by atoms with van der Waals surface area (Å²) >= 11 is 0. The summed E-state index contributed by atoms with van der Waals surface area (Å²) in [5.74, 6) is 0.632. The normalized spacial score (nSPS) is 12.7. The number of rotatable bonds is 8. The van der Waals surface area contributed by atoms with E-state index in [2.05, 4.69) is 34.7 Å². The first-order valence-corrected chi connectivity index (χ1v) is 6.05. The van der Waals surface area contributed by atoms with Crippen LogP contribution in [0.1, 0.15) is 45.9 Å². The van der Waals surface area contributed by atoms with Crippen molar-refractivity contribution in [3.05, 3.63) is 5.89 Å². The molecule has 1 aromatic rings. The van der Waals surface area contributed by atoms with Crippen molar-refractivity contribution in [3.8, 4) is 0 Å². The highest BCUT2D eigenvalue weighted by Crippen LogP contribution is 2.09. The van der Waals surface area contributed by atoms with Gasteiger partial charge in [-0.05, 0) is 19.9 Å². The van der Waals surface area contributed by atoms with Crippen LogP contribution in [0.25, 0.3) is 0 Å². The molecule has 92 valence electrons. The summed E-state index contributed by atoms with van der Waals surface area (Å²) in [7, 11) is 0. The van der Waals surface area contributed by atoms with Crippen molar-refractivity contribution in [1.82, 2.24) is 15.5 Å². The van der Waals surface area contributed by atoms with Crippen molar-refractivity contribution in [2.75, 3.05) is 11.9 Å². The molecular weight excluding hydrogens is 204 g/mol. The van der Waals surface area contributed by atoms with Gasteiger partial charge in [-0.25, -0.2) is 0 Å². The zero-order chi connectivity index (χ0) is 11.8. The fourth-order valence-corrected chi connectivity index (χ4v) is 1.41. The van der Waals surface area contributed by atoms with Gasteiger partial charge in [0.1, 0.15) is 0 Å². The third-order valence-electron chi connectivity index (χ3n) is 2.35. The second kappa shape index (κ2) is 7.22. The summed E-state index contributed by atoms with van der Waals surface area (Å²) in [6.45, 7) is 7.90. The van der Waals surface area contributed by atoms with Crippen molar-refractivity contribution in [2.24, 2.45) is 0 Å². The van der Waals surface area contributed by atoms with Gasteiger partial charge in [0.05, 0.1) is 6.54 Å². The van der Waals surface area contributed by atoms with Crippen LogP contribution in [0.3, 0.4) is 0 Å². The first-order valence-electron chi connectivity index (χ1n) is 6.05. The molecule has 5 nitrogen and oxygen atoms in total. The zero-order valence-corrected chi connectivity index (χ0v) is 10.4. The van der Waals surface area contributed by atoms with Gasteiger partial charge in [-0.15, -0.1) is 5.10 Å². The van der Waals surface area contributed by atoms with Crippen LogP contribution in [0.4, 0.5) is 6.01 Å². The molecule has 0 bridgehead atoms. The van der Waals surface area contributed by atoms with Gasteiger partial charge in [0.15, 0.2) is 0 Å². The largest absolute Gasteiger partial charge is 0.407 e. The summed E-state index contributed by atoms with van der Waals surface area (Å²) in [6.07, 6.45) is 3.55. The zero-order valence-electron chi connectivity index (χ0n) is 10.4. The Morgan fingerprint density at radius 3 is 2.81 bits per heavy atom. The molecule has 0 saturated carbocycles. The summed E-state index contributed by atoms with van der Waals surface area (Å²) in [5.41, 5.74) is 0. The average Bonchev–Trinajstić information content (AvgIpc) is 2.71. The predicted octanol–water partition coefficient (Wildman–Crippen LogP) is 2.17. The molecule has 0 radical (unpaired) electrons. The molecule has 0 saturated heterocycles. The lowest BCUT2D eigenvalue weighted by Gasteiger charge is -2.10. The van der Waals surface area contributed by atoms with Crippen molar-refractivity contribution in [3.63, 3.8) is 0 Å². The van der Waals surface area contributed by atoms with Crippen LogP contribution in [-0.2, 0) is 6.54 Å². The van der Waals surface area contributed by atoms with E-state index in [1.807, 2.05) is 6.92 Å². The Labute approximate surface area is 97.0 Å². The minimum Gasteiger partial charge on any atom is -0.407 e. The van der Waals surface area contributed by atoms with Crippen LogP contribution in [0.2, 0.25) is 0 Å². The number of nitrogens with zero attached hydrogens (tertiary/aromatic N) is 2. The van der Waals surface area contributed by atoms with Crippen LogP contribution in [-0.4, -0.2) is 22.8 Å². The van der Waals surface area contributed by atoms with Crippen LogP contribution in [0, 0.1) is 0 Å². The molecule has 2 N–H and O–H groups in total. The van der Waals surface area contributed by atoms with Gasteiger partial charge in [0, 0.05) is 6.04 Å². The molecular formula is C11H22N4O. The molecule has 5 heteroatoms. The highest BCUT2D eigenvalue weighted by Gasteiger charge is 2.08. The monoisotopic (exact) mass is 226 g/mol. The molecule has 1 heterocycles. The summed E-state index contributed by atoms with van der Waals surface area (Å²) in [6, 6.07) is 0.906. The molecule has 1 unspecified atom stereocenters. The second-order valence-corrected chi connectivity index (χ2v) is 3.97. The Morgan fingerprint density at radius 1 is 1.31 bits per heavy atom.